The highest BCUT2D eigenvalue weighted by Crippen LogP contribution is 2.28. The number of carbonyl (C=O) groups is 3. The summed E-state index contributed by atoms with van der Waals surface area (Å²) >= 11 is 1.51. The van der Waals surface area contributed by atoms with E-state index in [2.05, 4.69) is 5.32 Å². The Morgan fingerprint density at radius 1 is 0.971 bits per heavy atom. The molecule has 2 aromatic carbocycles. The Morgan fingerprint density at radius 2 is 1.60 bits per heavy atom. The van der Waals surface area contributed by atoms with Gasteiger partial charge in [-0.15, -0.1) is 0 Å². The SMILES string of the molecule is CSCC[C@H](C(=O)Nc1cccc(S(=O)(=O)N2CCCCCC2)c1)N1C(=O)c2ccccc2C1=O. The van der Waals surface area contributed by atoms with E-state index in [9.17, 15) is 22.8 Å². The first-order valence-electron chi connectivity index (χ1n) is 11.7. The van der Waals surface area contributed by atoms with Crippen LogP contribution in [0.15, 0.2) is 53.4 Å². The summed E-state index contributed by atoms with van der Waals surface area (Å²) in [7, 11) is -3.69. The molecular weight excluding hydrogens is 486 g/mol. The highest BCUT2D eigenvalue weighted by atomic mass is 32.2. The quantitative estimate of drug-likeness (QED) is 0.539. The molecule has 0 radical (unpaired) electrons. The van der Waals surface area contributed by atoms with Gasteiger partial charge in [0.05, 0.1) is 16.0 Å². The molecule has 1 saturated heterocycles. The summed E-state index contributed by atoms with van der Waals surface area (Å²) < 4.78 is 27.9. The van der Waals surface area contributed by atoms with E-state index in [0.29, 0.717) is 24.5 Å². The number of thioether (sulfide) groups is 1. The van der Waals surface area contributed by atoms with Crippen LogP contribution in [-0.4, -0.2) is 66.5 Å². The fraction of sp³-hybridized carbons (Fsp3) is 0.400. The van der Waals surface area contributed by atoms with Gasteiger partial charge in [-0.3, -0.25) is 19.3 Å². The van der Waals surface area contributed by atoms with Crippen LogP contribution in [0, 0.1) is 0 Å². The number of carbonyl (C=O) groups excluding carboxylic acids is 3. The van der Waals surface area contributed by atoms with Crippen molar-refractivity contribution in [1.82, 2.24) is 9.21 Å². The standard InChI is InChI=1S/C25H29N3O5S2/c1-34-16-13-22(28-24(30)20-11-4-5-12-21(20)25(28)31)23(29)26-18-9-8-10-19(17-18)35(32,33)27-14-6-2-3-7-15-27/h4-5,8-12,17,22H,2-3,6-7,13-16H2,1H3,(H,26,29)/t22-/m1/s1. The molecule has 0 aromatic heterocycles. The Kier molecular flexibility index (Phi) is 7.93. The molecule has 10 heteroatoms. The molecule has 2 heterocycles. The lowest BCUT2D eigenvalue weighted by atomic mass is 10.1. The molecule has 0 saturated carbocycles. The lowest BCUT2D eigenvalue weighted by molar-refractivity contribution is -0.120. The van der Waals surface area contributed by atoms with Gasteiger partial charge in [-0.2, -0.15) is 16.1 Å². The first kappa shape index (κ1) is 25.4. The van der Waals surface area contributed by atoms with Crippen molar-refractivity contribution in [2.75, 3.05) is 30.4 Å². The van der Waals surface area contributed by atoms with Crippen LogP contribution in [0.4, 0.5) is 5.69 Å². The zero-order chi connectivity index (χ0) is 25.0. The molecule has 3 amide bonds. The predicted octanol–water partition coefficient (Wildman–Crippen LogP) is 3.61. The third-order valence-corrected chi connectivity index (χ3v) is 8.88. The van der Waals surface area contributed by atoms with Crippen LogP contribution in [0.2, 0.25) is 0 Å². The Balaban J connectivity index is 1.56. The number of hydrogen-bond acceptors (Lipinski definition) is 6. The smallest absolute Gasteiger partial charge is 0.262 e. The largest absolute Gasteiger partial charge is 0.324 e. The fourth-order valence-electron chi connectivity index (χ4n) is 4.49. The molecule has 0 spiro atoms. The number of anilines is 1. The second-order valence-electron chi connectivity index (χ2n) is 8.66. The Hall–Kier alpha value is -2.69. The van der Waals surface area contributed by atoms with E-state index in [0.717, 1.165) is 30.6 Å². The van der Waals surface area contributed by atoms with Crippen molar-refractivity contribution in [2.45, 2.75) is 43.0 Å². The number of amides is 3. The number of imide groups is 1. The third kappa shape index (κ3) is 5.29. The average molecular weight is 516 g/mol. The molecular formula is C25H29N3O5S2. The van der Waals surface area contributed by atoms with Crippen LogP contribution in [0.25, 0.3) is 0 Å². The summed E-state index contributed by atoms with van der Waals surface area (Å²) in [6.07, 6.45) is 5.84. The molecule has 186 valence electrons. The normalized spacial score (nSPS) is 17.7. The molecule has 35 heavy (non-hydrogen) atoms. The van der Waals surface area contributed by atoms with Crippen LogP contribution in [0.5, 0.6) is 0 Å². The molecule has 0 bridgehead atoms. The highest BCUT2D eigenvalue weighted by molar-refractivity contribution is 7.98. The van der Waals surface area contributed by atoms with Gasteiger partial charge in [0.15, 0.2) is 0 Å². The van der Waals surface area contributed by atoms with Gasteiger partial charge < -0.3 is 5.32 Å². The summed E-state index contributed by atoms with van der Waals surface area (Å²) in [5, 5.41) is 2.75. The minimum atomic E-state index is -3.69. The number of nitrogens with zero attached hydrogens (tertiary/aromatic N) is 2. The first-order chi connectivity index (χ1) is 16.8. The topological polar surface area (TPSA) is 104 Å². The highest BCUT2D eigenvalue weighted by Gasteiger charge is 2.42. The van der Waals surface area contributed by atoms with Crippen LogP contribution in [-0.2, 0) is 14.8 Å². The van der Waals surface area contributed by atoms with Gasteiger partial charge in [-0.05, 0) is 61.6 Å². The van der Waals surface area contributed by atoms with E-state index < -0.39 is 33.8 Å². The van der Waals surface area contributed by atoms with Gasteiger partial charge in [0.2, 0.25) is 15.9 Å². The van der Waals surface area contributed by atoms with Crippen molar-refractivity contribution in [3.8, 4) is 0 Å². The number of fused-ring (bicyclic) bond motifs is 1. The number of hydrogen-bond donors (Lipinski definition) is 1. The Labute approximate surface area is 210 Å². The van der Waals surface area contributed by atoms with Gasteiger partial charge in [0, 0.05) is 18.8 Å². The van der Waals surface area contributed by atoms with Crippen molar-refractivity contribution in [2.24, 2.45) is 0 Å². The molecule has 8 nitrogen and oxygen atoms in total. The minimum absolute atomic E-state index is 0.110. The third-order valence-electron chi connectivity index (χ3n) is 6.34. The van der Waals surface area contributed by atoms with Gasteiger partial charge in [0.25, 0.3) is 11.8 Å². The summed E-state index contributed by atoms with van der Waals surface area (Å²) in [4.78, 5) is 40.4. The lowest BCUT2D eigenvalue weighted by Crippen LogP contribution is -2.47. The number of rotatable bonds is 8. The molecule has 0 aliphatic carbocycles. The second-order valence-corrected chi connectivity index (χ2v) is 11.6. The minimum Gasteiger partial charge on any atom is -0.324 e. The van der Waals surface area contributed by atoms with Gasteiger partial charge in [0.1, 0.15) is 6.04 Å². The summed E-state index contributed by atoms with van der Waals surface area (Å²) in [5.41, 5.74) is 0.867. The summed E-state index contributed by atoms with van der Waals surface area (Å²) in [6.45, 7) is 0.963. The van der Waals surface area contributed by atoms with E-state index in [4.69, 9.17) is 0 Å². The zero-order valence-corrected chi connectivity index (χ0v) is 21.2. The van der Waals surface area contributed by atoms with Crippen molar-refractivity contribution in [3.63, 3.8) is 0 Å². The van der Waals surface area contributed by atoms with E-state index in [1.807, 2.05) is 6.26 Å². The van der Waals surface area contributed by atoms with Crippen molar-refractivity contribution in [3.05, 3.63) is 59.7 Å². The monoisotopic (exact) mass is 515 g/mol. The fourth-order valence-corrected chi connectivity index (χ4v) is 6.51. The molecule has 1 fully saturated rings. The van der Waals surface area contributed by atoms with Crippen LogP contribution < -0.4 is 5.32 Å². The van der Waals surface area contributed by atoms with E-state index in [1.165, 1.54) is 28.2 Å². The second kappa shape index (κ2) is 10.9. The lowest BCUT2D eigenvalue weighted by Gasteiger charge is -2.25. The molecule has 1 atom stereocenters. The van der Waals surface area contributed by atoms with Crippen molar-refractivity contribution in [1.29, 1.82) is 0 Å². The number of nitrogens with one attached hydrogen (secondary N) is 1. The van der Waals surface area contributed by atoms with Crippen LogP contribution in [0.3, 0.4) is 0 Å². The van der Waals surface area contributed by atoms with E-state index in [-0.39, 0.29) is 22.4 Å². The summed E-state index contributed by atoms with van der Waals surface area (Å²) in [6, 6.07) is 11.7. The first-order valence-corrected chi connectivity index (χ1v) is 14.5. The maximum atomic E-state index is 13.3. The predicted molar refractivity (Wildman–Crippen MR) is 136 cm³/mol. The van der Waals surface area contributed by atoms with Gasteiger partial charge >= 0.3 is 0 Å². The maximum absolute atomic E-state index is 13.3. The molecule has 2 aliphatic heterocycles. The Bertz CT molecular complexity index is 1190. The summed E-state index contributed by atoms with van der Waals surface area (Å²) in [5.74, 6) is -0.957. The van der Waals surface area contributed by atoms with E-state index in [1.54, 1.807) is 36.4 Å². The van der Waals surface area contributed by atoms with Crippen molar-refractivity contribution >= 4 is 45.2 Å². The van der Waals surface area contributed by atoms with E-state index >= 15 is 0 Å². The molecule has 4 rings (SSSR count). The molecule has 1 N–H and O–H groups in total. The number of sulfonamides is 1. The molecule has 0 unspecified atom stereocenters. The van der Waals surface area contributed by atoms with Crippen molar-refractivity contribution < 1.29 is 22.8 Å². The van der Waals surface area contributed by atoms with Crippen LogP contribution >= 0.6 is 11.8 Å². The van der Waals surface area contributed by atoms with Gasteiger partial charge in [-0.1, -0.05) is 31.0 Å². The zero-order valence-electron chi connectivity index (χ0n) is 19.6. The average Bonchev–Trinajstić information content (AvgIpc) is 3.04. The van der Waals surface area contributed by atoms with Crippen LogP contribution in [0.1, 0.15) is 52.8 Å². The molecule has 2 aromatic rings. The number of benzene rings is 2. The van der Waals surface area contributed by atoms with Gasteiger partial charge in [-0.25, -0.2) is 8.42 Å². The Morgan fingerprint density at radius 3 is 2.20 bits per heavy atom. The maximum Gasteiger partial charge on any atom is 0.262 e. The molecule has 2 aliphatic rings.